The van der Waals surface area contributed by atoms with Crippen molar-refractivity contribution in [3.63, 3.8) is 0 Å². The minimum atomic E-state index is -1.51. The van der Waals surface area contributed by atoms with Gasteiger partial charge in [0, 0.05) is 116 Å². The molecule has 0 saturated carbocycles. The maximum Gasteiger partial charge on any atom is 0.488 e. The number of furan rings is 3. The van der Waals surface area contributed by atoms with Gasteiger partial charge in [-0.05, 0) is 178 Å². The molecule has 2 N–H and O–H groups in total. The summed E-state index contributed by atoms with van der Waals surface area (Å²) in [5.41, 5.74) is 20.0. The zero-order chi connectivity index (χ0) is 63.4. The topological polar surface area (TPSA) is 120 Å². The Morgan fingerprint density at radius 1 is 0.316 bits per heavy atom. The van der Waals surface area contributed by atoms with Crippen LogP contribution < -0.4 is 5.46 Å². The lowest BCUT2D eigenvalue weighted by molar-refractivity contribution is 0.426. The monoisotopic (exact) mass is 1360 g/mol. The molecule has 0 bridgehead atoms. The van der Waals surface area contributed by atoms with Crippen LogP contribution in [0.3, 0.4) is 0 Å². The predicted octanol–water partition coefficient (Wildman–Crippen LogP) is 21.1. The number of para-hydroxylation sites is 6. The number of aromatic nitrogens is 5. The Balaban J connectivity index is 0.000000147. The van der Waals surface area contributed by atoms with Crippen LogP contribution >= 0.6 is 34.2 Å². The molecule has 0 spiro atoms. The van der Waals surface area contributed by atoms with E-state index in [4.69, 9.17) is 24.9 Å². The van der Waals surface area contributed by atoms with Crippen molar-refractivity contribution in [2.75, 3.05) is 0 Å². The van der Waals surface area contributed by atoms with Crippen molar-refractivity contribution in [2.24, 2.45) is 0 Å². The van der Waals surface area contributed by atoms with Crippen LogP contribution in [0.4, 0.5) is 0 Å². The zero-order valence-electron chi connectivity index (χ0n) is 50.4. The largest absolute Gasteiger partial charge is 0.488 e. The molecule has 8 heterocycles. The van der Waals surface area contributed by atoms with Gasteiger partial charge in [0.1, 0.15) is 33.5 Å². The summed E-state index contributed by atoms with van der Waals surface area (Å²) in [6, 6.07) is 92.6. The zero-order valence-corrected chi connectivity index (χ0v) is 53.3. The average Bonchev–Trinajstić information content (AvgIpc) is 1.61. The Hall–Kier alpha value is -11.3. The van der Waals surface area contributed by atoms with E-state index in [9.17, 15) is 10.0 Å². The van der Waals surface area contributed by atoms with Crippen molar-refractivity contribution in [1.29, 1.82) is 0 Å². The van der Waals surface area contributed by atoms with Crippen LogP contribution in [0, 0.1) is 3.57 Å². The molecule has 0 saturated heterocycles. The van der Waals surface area contributed by atoms with E-state index >= 15 is 0 Å². The Morgan fingerprint density at radius 3 is 0.989 bits per heavy atom. The summed E-state index contributed by atoms with van der Waals surface area (Å²) in [4.78, 5) is 8.48. The second kappa shape index (κ2) is 22.8. The maximum absolute atomic E-state index is 9.56. The second-order valence-corrected chi connectivity index (χ2v) is 25.3. The summed E-state index contributed by atoms with van der Waals surface area (Å²) >= 11 is 7.79. The summed E-state index contributed by atoms with van der Waals surface area (Å²) < 4.78 is 26.8. The molecule has 20 aromatic rings. The first-order chi connectivity index (χ1) is 46.8. The van der Waals surface area contributed by atoms with Gasteiger partial charge in [0.25, 0.3) is 0 Å². The van der Waals surface area contributed by atoms with E-state index in [1.54, 1.807) is 36.7 Å². The molecule has 95 heavy (non-hydrogen) atoms. The Bertz CT molecular complexity index is 6040. The normalized spacial score (nSPS) is 11.8. The standard InChI is InChI=1S/C53H31N3O2.C24H16BNO3.C5H3ClIN/c1-5-13-46-37(9-1)38-10-2-6-14-47(38)55(46)34-19-23-52-43(29-34)41-27-32(17-21-50(41)57-52)36-25-26-54-31-45(36)33-18-22-51-42(28-33)44-30-35(20-24-53(44)58-51)56-48-15-7-3-11-39(48)40-12-4-8-16-49(40)56;27-25(28)15-9-11-23-19(13-15)20-14-16(10-12-24(20)29-23)26-21-7-3-1-5-17(21)18-6-2-4-8-22(18)26;6-4-1-2-8-3-5(4)7/h1-31H;1-14,27-28H;1-3H. The van der Waals surface area contributed by atoms with Crippen molar-refractivity contribution in [3.8, 4) is 39.3 Å². The molecule has 12 aromatic carbocycles. The van der Waals surface area contributed by atoms with E-state index in [-0.39, 0.29) is 0 Å². The van der Waals surface area contributed by atoms with Gasteiger partial charge in [-0.15, -0.1) is 0 Å². The van der Waals surface area contributed by atoms with Crippen molar-refractivity contribution in [2.45, 2.75) is 0 Å². The van der Waals surface area contributed by atoms with Crippen LogP contribution in [0.15, 0.2) is 305 Å². The molecule has 0 aliphatic carbocycles. The van der Waals surface area contributed by atoms with Gasteiger partial charge in [0.2, 0.25) is 0 Å². The first-order valence-electron chi connectivity index (χ1n) is 31.2. The molecular formula is C82H50BClIN5O5. The summed E-state index contributed by atoms with van der Waals surface area (Å²) in [7, 11) is -1.51. The molecule has 8 aromatic heterocycles. The quantitative estimate of drug-likeness (QED) is 0.126. The highest BCUT2D eigenvalue weighted by Gasteiger charge is 2.21. The van der Waals surface area contributed by atoms with Crippen molar-refractivity contribution in [1.82, 2.24) is 23.7 Å². The lowest BCUT2D eigenvalue weighted by Gasteiger charge is -2.10. The SMILES string of the molecule is Clc1ccncc1I.OB(O)c1ccc2oc3ccc(-n4c5ccccc5c5ccccc54)cc3c2c1.c1ccc2c(c1)c1ccccc1n2-c1ccc2oc3ccc(-c4ccncc4-c4ccc5oc6ccc(-n7c8ccccc8c8ccccc87)cc6c5c4)cc3c2c1. The summed E-state index contributed by atoms with van der Waals surface area (Å²) in [6.45, 7) is 0. The molecule has 0 aliphatic heterocycles. The summed E-state index contributed by atoms with van der Waals surface area (Å²) in [5.74, 6) is 0. The number of pyridine rings is 2. The molecule has 0 atom stereocenters. The van der Waals surface area contributed by atoms with Gasteiger partial charge < -0.3 is 37.0 Å². The number of rotatable bonds is 6. The molecule has 450 valence electrons. The highest BCUT2D eigenvalue weighted by atomic mass is 127. The second-order valence-electron chi connectivity index (χ2n) is 23.7. The number of fused-ring (bicyclic) bond motifs is 18. The smallest absolute Gasteiger partial charge is 0.456 e. The lowest BCUT2D eigenvalue weighted by Crippen LogP contribution is -2.29. The van der Waals surface area contributed by atoms with E-state index in [1.165, 1.54) is 54.4 Å². The number of nitrogens with zero attached hydrogens (tertiary/aromatic N) is 5. The van der Waals surface area contributed by atoms with Gasteiger partial charge >= 0.3 is 7.12 Å². The molecule has 0 fully saturated rings. The maximum atomic E-state index is 9.56. The first kappa shape index (κ1) is 56.5. The Labute approximate surface area is 560 Å². The average molecular weight is 1360 g/mol. The fourth-order valence-corrected chi connectivity index (χ4v) is 14.5. The number of halogens is 2. The molecule has 20 rings (SSSR count). The van der Waals surface area contributed by atoms with E-state index in [0.29, 0.717) is 5.46 Å². The van der Waals surface area contributed by atoms with Gasteiger partial charge in [0.05, 0.1) is 38.1 Å². The molecule has 0 aliphatic rings. The third-order valence-electron chi connectivity index (χ3n) is 18.4. The molecule has 0 amide bonds. The van der Waals surface area contributed by atoms with Crippen molar-refractivity contribution < 1.29 is 23.3 Å². The highest BCUT2D eigenvalue weighted by molar-refractivity contribution is 14.1. The van der Waals surface area contributed by atoms with Crippen LogP contribution in [0.25, 0.3) is 171 Å². The predicted molar refractivity (Wildman–Crippen MR) is 398 cm³/mol. The Kier molecular flexibility index (Phi) is 13.6. The van der Waals surface area contributed by atoms with Gasteiger partial charge in [-0.3, -0.25) is 9.97 Å². The van der Waals surface area contributed by atoms with Crippen molar-refractivity contribution in [3.05, 3.63) is 300 Å². The van der Waals surface area contributed by atoms with Crippen molar-refractivity contribution >= 4 is 178 Å². The van der Waals surface area contributed by atoms with Gasteiger partial charge in [0.15, 0.2) is 0 Å². The van der Waals surface area contributed by atoms with E-state index in [1.807, 2.05) is 18.5 Å². The lowest BCUT2D eigenvalue weighted by atomic mass is 9.80. The number of hydrogen-bond donors (Lipinski definition) is 2. The first-order valence-corrected chi connectivity index (χ1v) is 32.6. The van der Waals surface area contributed by atoms with E-state index < -0.39 is 7.12 Å². The molecule has 13 heteroatoms. The van der Waals surface area contributed by atoms with E-state index in [2.05, 4.69) is 283 Å². The van der Waals surface area contributed by atoms with Crippen LogP contribution in [-0.4, -0.2) is 40.8 Å². The van der Waals surface area contributed by atoms with Gasteiger partial charge in [-0.2, -0.15) is 0 Å². The van der Waals surface area contributed by atoms with Gasteiger partial charge in [-0.1, -0.05) is 145 Å². The van der Waals surface area contributed by atoms with Crippen LogP contribution in [0.1, 0.15) is 0 Å². The summed E-state index contributed by atoms with van der Waals surface area (Å²) in [5, 5.41) is 33.4. The van der Waals surface area contributed by atoms with Gasteiger partial charge in [-0.25, -0.2) is 0 Å². The molecular weight excluding hydrogens is 1310 g/mol. The highest BCUT2D eigenvalue weighted by Crippen LogP contribution is 2.43. The third kappa shape index (κ3) is 9.46. The molecule has 10 nitrogen and oxygen atoms in total. The number of benzene rings is 12. The molecule has 0 unspecified atom stereocenters. The van der Waals surface area contributed by atoms with Crippen LogP contribution in [0.2, 0.25) is 5.02 Å². The minimum Gasteiger partial charge on any atom is -0.456 e. The molecule has 0 radical (unpaired) electrons. The Morgan fingerprint density at radius 2 is 0.632 bits per heavy atom. The fourth-order valence-electron chi connectivity index (χ4n) is 14.1. The summed E-state index contributed by atoms with van der Waals surface area (Å²) in [6.07, 6.45) is 7.24. The third-order valence-corrected chi connectivity index (χ3v) is 19.9. The van der Waals surface area contributed by atoms with E-state index in [0.717, 1.165) is 125 Å². The van der Waals surface area contributed by atoms with Crippen LogP contribution in [-0.2, 0) is 0 Å². The van der Waals surface area contributed by atoms with Crippen LogP contribution in [0.5, 0.6) is 0 Å². The minimum absolute atomic E-state index is 0.447. The fraction of sp³-hybridized carbons (Fsp3) is 0. The number of hydrogen-bond acceptors (Lipinski definition) is 7.